The van der Waals surface area contributed by atoms with Crippen LogP contribution in [-0.2, 0) is 6.61 Å². The predicted octanol–water partition coefficient (Wildman–Crippen LogP) is 4.80. The van der Waals surface area contributed by atoms with Crippen molar-refractivity contribution in [3.05, 3.63) is 78.4 Å². The Labute approximate surface area is 126 Å². The first-order chi connectivity index (χ1) is 10.3. The van der Waals surface area contributed by atoms with Crippen molar-refractivity contribution in [3.8, 4) is 5.75 Å². The van der Waals surface area contributed by atoms with Crippen molar-refractivity contribution in [1.29, 1.82) is 0 Å². The molecular formula is C19H20O2. The van der Waals surface area contributed by atoms with E-state index in [0.717, 1.165) is 24.2 Å². The maximum atomic E-state index is 12.1. The molecule has 0 fully saturated rings. The van der Waals surface area contributed by atoms with E-state index in [-0.39, 0.29) is 5.78 Å². The van der Waals surface area contributed by atoms with Gasteiger partial charge in [-0.15, -0.1) is 6.58 Å². The molecule has 2 aromatic rings. The lowest BCUT2D eigenvalue weighted by atomic mass is 10.1. The van der Waals surface area contributed by atoms with Crippen LogP contribution in [-0.4, -0.2) is 5.78 Å². The molecule has 0 amide bonds. The van der Waals surface area contributed by atoms with Crippen LogP contribution in [0.1, 0.15) is 35.2 Å². The van der Waals surface area contributed by atoms with E-state index in [2.05, 4.69) is 6.58 Å². The highest BCUT2D eigenvalue weighted by molar-refractivity contribution is 5.96. The summed E-state index contributed by atoms with van der Waals surface area (Å²) in [5, 5.41) is 0. The zero-order valence-electron chi connectivity index (χ0n) is 12.1. The number of allylic oxidation sites excluding steroid dienone is 1. The average Bonchev–Trinajstić information content (AvgIpc) is 2.54. The first-order valence-corrected chi connectivity index (χ1v) is 7.20. The number of Topliss-reactive ketones (excluding diaryl/α,β-unsaturated/α-hetero) is 1. The highest BCUT2D eigenvalue weighted by atomic mass is 16.5. The number of rotatable bonds is 8. The summed E-state index contributed by atoms with van der Waals surface area (Å²) in [4.78, 5) is 12.1. The van der Waals surface area contributed by atoms with Gasteiger partial charge in [-0.1, -0.05) is 48.5 Å². The van der Waals surface area contributed by atoms with Crippen molar-refractivity contribution in [3.63, 3.8) is 0 Å². The smallest absolute Gasteiger partial charge is 0.163 e. The van der Waals surface area contributed by atoms with Crippen molar-refractivity contribution in [2.24, 2.45) is 0 Å². The van der Waals surface area contributed by atoms with E-state index in [1.165, 1.54) is 0 Å². The summed E-state index contributed by atoms with van der Waals surface area (Å²) >= 11 is 0. The molecule has 0 spiro atoms. The summed E-state index contributed by atoms with van der Waals surface area (Å²) in [7, 11) is 0. The van der Waals surface area contributed by atoms with Gasteiger partial charge in [-0.05, 0) is 30.5 Å². The van der Waals surface area contributed by atoms with Crippen LogP contribution < -0.4 is 4.74 Å². The quantitative estimate of drug-likeness (QED) is 0.394. The fourth-order valence-corrected chi connectivity index (χ4v) is 2.05. The molecule has 0 aromatic heterocycles. The van der Waals surface area contributed by atoms with E-state index in [1.54, 1.807) is 0 Å². The van der Waals surface area contributed by atoms with E-state index < -0.39 is 0 Å². The van der Waals surface area contributed by atoms with Gasteiger partial charge in [0.1, 0.15) is 12.4 Å². The number of ether oxygens (including phenoxy) is 1. The van der Waals surface area contributed by atoms with Gasteiger partial charge in [0.15, 0.2) is 5.78 Å². The molecule has 0 aliphatic rings. The zero-order valence-corrected chi connectivity index (χ0v) is 12.1. The predicted molar refractivity (Wildman–Crippen MR) is 85.6 cm³/mol. The van der Waals surface area contributed by atoms with Crippen LogP contribution in [0.5, 0.6) is 5.75 Å². The summed E-state index contributed by atoms with van der Waals surface area (Å²) in [5.74, 6) is 0.885. The second-order valence-electron chi connectivity index (χ2n) is 4.91. The zero-order chi connectivity index (χ0) is 14.9. The van der Waals surface area contributed by atoms with Gasteiger partial charge in [-0.25, -0.2) is 0 Å². The van der Waals surface area contributed by atoms with Gasteiger partial charge in [0.2, 0.25) is 0 Å². The normalized spacial score (nSPS) is 10.1. The number of carbonyl (C=O) groups is 1. The van der Waals surface area contributed by atoms with Gasteiger partial charge in [-0.3, -0.25) is 4.79 Å². The standard InChI is InChI=1S/C19H20O2/c1-2-3-5-13-19(20)17-11-8-12-18(14-17)21-15-16-9-6-4-7-10-16/h2,4,6-12,14H,1,3,5,13,15H2. The molecule has 108 valence electrons. The molecule has 0 bridgehead atoms. The van der Waals surface area contributed by atoms with E-state index in [9.17, 15) is 4.79 Å². The van der Waals surface area contributed by atoms with Gasteiger partial charge in [0.25, 0.3) is 0 Å². The molecule has 21 heavy (non-hydrogen) atoms. The SMILES string of the molecule is C=CCCCC(=O)c1cccc(OCc2ccccc2)c1. The number of hydrogen-bond donors (Lipinski definition) is 0. The number of carbonyl (C=O) groups excluding carboxylic acids is 1. The Bertz CT molecular complexity index is 588. The summed E-state index contributed by atoms with van der Waals surface area (Å²) in [6.45, 7) is 4.18. The lowest BCUT2D eigenvalue weighted by molar-refractivity contribution is 0.0980. The molecule has 2 rings (SSSR count). The van der Waals surface area contributed by atoms with Crippen LogP contribution in [0.2, 0.25) is 0 Å². The molecule has 2 nitrogen and oxygen atoms in total. The molecule has 0 atom stereocenters. The second-order valence-corrected chi connectivity index (χ2v) is 4.91. The van der Waals surface area contributed by atoms with Gasteiger partial charge in [0.05, 0.1) is 0 Å². The molecule has 0 aliphatic heterocycles. The molecule has 0 unspecified atom stereocenters. The molecule has 0 radical (unpaired) electrons. The molecular weight excluding hydrogens is 260 g/mol. The van der Waals surface area contributed by atoms with Crippen LogP contribution in [0.4, 0.5) is 0 Å². The van der Waals surface area contributed by atoms with Gasteiger partial charge < -0.3 is 4.74 Å². The average molecular weight is 280 g/mol. The lowest BCUT2D eigenvalue weighted by Crippen LogP contribution is -2.00. The first kappa shape index (κ1) is 15.0. The van der Waals surface area contributed by atoms with Gasteiger partial charge in [-0.2, -0.15) is 0 Å². The van der Waals surface area contributed by atoms with Crippen molar-refractivity contribution < 1.29 is 9.53 Å². The minimum Gasteiger partial charge on any atom is -0.489 e. The summed E-state index contributed by atoms with van der Waals surface area (Å²) in [5.41, 5.74) is 1.82. The minimum absolute atomic E-state index is 0.155. The fraction of sp³-hybridized carbons (Fsp3) is 0.211. The highest BCUT2D eigenvalue weighted by Gasteiger charge is 2.06. The third-order valence-corrected chi connectivity index (χ3v) is 3.22. The van der Waals surface area contributed by atoms with Crippen molar-refractivity contribution in [2.45, 2.75) is 25.9 Å². The molecule has 0 saturated heterocycles. The van der Waals surface area contributed by atoms with E-state index in [0.29, 0.717) is 18.6 Å². The fourth-order valence-electron chi connectivity index (χ4n) is 2.05. The van der Waals surface area contributed by atoms with E-state index >= 15 is 0 Å². The molecule has 2 aromatic carbocycles. The van der Waals surface area contributed by atoms with Crippen LogP contribution >= 0.6 is 0 Å². The van der Waals surface area contributed by atoms with Crippen LogP contribution in [0.15, 0.2) is 67.3 Å². The highest BCUT2D eigenvalue weighted by Crippen LogP contribution is 2.17. The van der Waals surface area contributed by atoms with Crippen molar-refractivity contribution >= 4 is 5.78 Å². The minimum atomic E-state index is 0.155. The summed E-state index contributed by atoms with van der Waals surface area (Å²) in [6, 6.07) is 17.4. The molecule has 0 saturated carbocycles. The Morgan fingerprint density at radius 2 is 1.90 bits per heavy atom. The Kier molecular flexibility index (Phi) is 5.77. The number of ketones is 1. The largest absolute Gasteiger partial charge is 0.489 e. The summed E-state index contributed by atoms with van der Waals surface area (Å²) in [6.07, 6.45) is 4.11. The second kappa shape index (κ2) is 8.05. The maximum absolute atomic E-state index is 12.1. The van der Waals surface area contributed by atoms with E-state index in [4.69, 9.17) is 4.74 Å². The van der Waals surface area contributed by atoms with Crippen LogP contribution in [0.25, 0.3) is 0 Å². The first-order valence-electron chi connectivity index (χ1n) is 7.20. The number of hydrogen-bond acceptors (Lipinski definition) is 2. The van der Waals surface area contributed by atoms with Crippen LogP contribution in [0, 0.1) is 0 Å². The van der Waals surface area contributed by atoms with Crippen molar-refractivity contribution in [1.82, 2.24) is 0 Å². The number of benzene rings is 2. The van der Waals surface area contributed by atoms with E-state index in [1.807, 2.05) is 60.7 Å². The van der Waals surface area contributed by atoms with Crippen molar-refractivity contribution in [2.75, 3.05) is 0 Å². The van der Waals surface area contributed by atoms with Crippen LogP contribution in [0.3, 0.4) is 0 Å². The molecule has 2 heteroatoms. The third-order valence-electron chi connectivity index (χ3n) is 3.22. The number of unbranched alkanes of at least 4 members (excludes halogenated alkanes) is 1. The molecule has 0 N–H and O–H groups in total. The Hall–Kier alpha value is -2.35. The maximum Gasteiger partial charge on any atom is 0.163 e. The van der Waals surface area contributed by atoms with Gasteiger partial charge in [0, 0.05) is 12.0 Å². The Balaban J connectivity index is 1.94. The Morgan fingerprint density at radius 1 is 1.10 bits per heavy atom. The third kappa shape index (κ3) is 4.92. The molecule has 0 heterocycles. The molecule has 0 aliphatic carbocycles. The lowest BCUT2D eigenvalue weighted by Gasteiger charge is -2.08. The topological polar surface area (TPSA) is 26.3 Å². The Morgan fingerprint density at radius 3 is 2.67 bits per heavy atom. The van der Waals surface area contributed by atoms with Gasteiger partial charge >= 0.3 is 0 Å². The summed E-state index contributed by atoms with van der Waals surface area (Å²) < 4.78 is 5.74. The monoisotopic (exact) mass is 280 g/mol.